The van der Waals surface area contributed by atoms with E-state index in [4.69, 9.17) is 11.6 Å². The zero-order chi connectivity index (χ0) is 15.1. The molecule has 0 heterocycles. The van der Waals surface area contributed by atoms with E-state index >= 15 is 0 Å². The normalized spacial score (nSPS) is 10.8. The average molecular weight is 302 g/mol. The Hall–Kier alpha value is -2.66. The van der Waals surface area contributed by atoms with E-state index in [1.165, 1.54) is 0 Å². The van der Waals surface area contributed by atoms with Crippen molar-refractivity contribution in [1.29, 1.82) is 0 Å². The number of para-hydroxylation sites is 2. The number of carbonyl (C=O) groups is 2. The third-order valence-electron chi connectivity index (χ3n) is 2.48. The van der Waals surface area contributed by atoms with E-state index in [0.29, 0.717) is 11.4 Å². The van der Waals surface area contributed by atoms with E-state index in [1.54, 1.807) is 54.6 Å². The summed E-state index contributed by atoms with van der Waals surface area (Å²) in [5.41, 5.74) is 3.77. The first kappa shape index (κ1) is 14.7. The van der Waals surface area contributed by atoms with E-state index in [-0.39, 0.29) is 0 Å². The van der Waals surface area contributed by atoms with Crippen molar-refractivity contribution in [3.63, 3.8) is 0 Å². The number of benzene rings is 2. The van der Waals surface area contributed by atoms with Crippen molar-refractivity contribution in [2.24, 2.45) is 5.10 Å². The molecule has 5 nitrogen and oxygen atoms in total. The zero-order valence-corrected chi connectivity index (χ0v) is 11.7. The molecule has 2 aromatic carbocycles. The number of nitrogens with zero attached hydrogens (tertiary/aromatic N) is 1. The highest BCUT2D eigenvalue weighted by molar-refractivity contribution is 6.92. The minimum absolute atomic E-state index is 0.438. The number of carbonyl (C=O) groups excluding carboxylic acids is 2. The van der Waals surface area contributed by atoms with Crippen LogP contribution in [0.4, 0.5) is 11.4 Å². The van der Waals surface area contributed by atoms with Gasteiger partial charge >= 0.3 is 0 Å². The van der Waals surface area contributed by atoms with Gasteiger partial charge in [-0.3, -0.25) is 15.0 Å². The van der Waals surface area contributed by atoms with Crippen molar-refractivity contribution in [3.8, 4) is 0 Å². The van der Waals surface area contributed by atoms with Gasteiger partial charge in [0.2, 0.25) is 5.17 Å². The standard InChI is InChI=1S/C15H12ClN3O2/c16-14(19-18-12-9-5-2-6-10-12)13(20)15(21)17-11-7-3-1-4-8-11/h1-10,18H,(H,17,21)/b19-14-. The van der Waals surface area contributed by atoms with Crippen LogP contribution in [0.2, 0.25) is 0 Å². The van der Waals surface area contributed by atoms with Crippen LogP contribution in [0.5, 0.6) is 0 Å². The number of anilines is 2. The van der Waals surface area contributed by atoms with Gasteiger partial charge in [-0.1, -0.05) is 48.0 Å². The van der Waals surface area contributed by atoms with Gasteiger partial charge in [0.25, 0.3) is 11.7 Å². The summed E-state index contributed by atoms with van der Waals surface area (Å²) in [6.45, 7) is 0. The van der Waals surface area contributed by atoms with E-state index < -0.39 is 16.9 Å². The molecule has 0 radical (unpaired) electrons. The Kier molecular flexibility index (Phi) is 5.06. The molecule has 2 N–H and O–H groups in total. The predicted molar refractivity (Wildman–Crippen MR) is 83.4 cm³/mol. The molecule has 1 amide bonds. The number of Topliss-reactive ketones (excluding diaryl/α,β-unsaturated/α-hetero) is 1. The number of hydrogen-bond donors (Lipinski definition) is 2. The first-order valence-corrected chi connectivity index (χ1v) is 6.49. The Morgan fingerprint density at radius 3 is 1.95 bits per heavy atom. The van der Waals surface area contributed by atoms with Crippen LogP contribution in [0.3, 0.4) is 0 Å². The molecule has 6 heteroatoms. The molecule has 2 aromatic rings. The van der Waals surface area contributed by atoms with E-state index in [9.17, 15) is 9.59 Å². The third kappa shape index (κ3) is 4.43. The molecule has 0 saturated heterocycles. The highest BCUT2D eigenvalue weighted by atomic mass is 35.5. The molecule has 0 saturated carbocycles. The second-order valence-electron chi connectivity index (χ2n) is 4.03. The van der Waals surface area contributed by atoms with Crippen LogP contribution in [0.15, 0.2) is 65.8 Å². The summed E-state index contributed by atoms with van der Waals surface area (Å²) in [5, 5.41) is 5.68. The van der Waals surface area contributed by atoms with Crippen molar-refractivity contribution >= 4 is 39.8 Å². The number of amides is 1. The maximum absolute atomic E-state index is 11.8. The molecule has 0 unspecified atom stereocenters. The van der Waals surface area contributed by atoms with Gasteiger partial charge in [-0.25, -0.2) is 0 Å². The molecule has 0 aliphatic rings. The molecular weight excluding hydrogens is 290 g/mol. The van der Waals surface area contributed by atoms with Gasteiger partial charge in [-0.2, -0.15) is 5.10 Å². The lowest BCUT2D eigenvalue weighted by Gasteiger charge is -2.03. The summed E-state index contributed by atoms with van der Waals surface area (Å²) in [6, 6.07) is 17.6. The summed E-state index contributed by atoms with van der Waals surface area (Å²) >= 11 is 5.72. The summed E-state index contributed by atoms with van der Waals surface area (Å²) in [7, 11) is 0. The Morgan fingerprint density at radius 2 is 1.38 bits per heavy atom. The van der Waals surface area contributed by atoms with Gasteiger partial charge in [0.05, 0.1) is 5.69 Å². The summed E-state index contributed by atoms with van der Waals surface area (Å²) in [6.07, 6.45) is 0. The minimum Gasteiger partial charge on any atom is -0.319 e. The van der Waals surface area contributed by atoms with Crippen molar-refractivity contribution in [2.45, 2.75) is 0 Å². The third-order valence-corrected chi connectivity index (χ3v) is 2.74. The van der Waals surface area contributed by atoms with Crippen LogP contribution in [0, 0.1) is 0 Å². The second kappa shape index (κ2) is 7.21. The second-order valence-corrected chi connectivity index (χ2v) is 4.39. The molecule has 0 fully saturated rings. The van der Waals surface area contributed by atoms with Crippen molar-refractivity contribution in [2.75, 3.05) is 10.7 Å². The number of halogens is 1. The smallest absolute Gasteiger partial charge is 0.299 e. The fourth-order valence-electron chi connectivity index (χ4n) is 1.48. The number of hydrogen-bond acceptors (Lipinski definition) is 4. The van der Waals surface area contributed by atoms with Crippen LogP contribution in [-0.2, 0) is 9.59 Å². The molecule has 0 bridgehead atoms. The highest BCUT2D eigenvalue weighted by Crippen LogP contribution is 2.07. The fourth-order valence-corrected chi connectivity index (χ4v) is 1.61. The van der Waals surface area contributed by atoms with Crippen molar-refractivity contribution in [1.82, 2.24) is 0 Å². The summed E-state index contributed by atoms with van der Waals surface area (Å²) in [4.78, 5) is 23.5. The number of rotatable bonds is 5. The molecule has 0 aliphatic heterocycles. The Bertz CT molecular complexity index is 657. The molecule has 106 valence electrons. The summed E-state index contributed by atoms with van der Waals surface area (Å²) < 4.78 is 0. The number of nitrogens with one attached hydrogen (secondary N) is 2. The van der Waals surface area contributed by atoms with Gasteiger partial charge in [0.1, 0.15) is 0 Å². The fraction of sp³-hybridized carbons (Fsp3) is 0. The van der Waals surface area contributed by atoms with Crippen LogP contribution >= 0.6 is 11.6 Å². The van der Waals surface area contributed by atoms with Crippen LogP contribution < -0.4 is 10.7 Å². The number of ketones is 1. The van der Waals surface area contributed by atoms with Gasteiger partial charge < -0.3 is 5.32 Å². The van der Waals surface area contributed by atoms with E-state index in [2.05, 4.69) is 15.8 Å². The van der Waals surface area contributed by atoms with Crippen LogP contribution in [0.25, 0.3) is 0 Å². The lowest BCUT2D eigenvalue weighted by molar-refractivity contribution is -0.130. The maximum atomic E-state index is 11.8. The maximum Gasteiger partial charge on any atom is 0.299 e. The van der Waals surface area contributed by atoms with Crippen molar-refractivity contribution in [3.05, 3.63) is 60.7 Å². The van der Waals surface area contributed by atoms with Crippen LogP contribution in [-0.4, -0.2) is 16.9 Å². The quantitative estimate of drug-likeness (QED) is 0.507. The first-order valence-electron chi connectivity index (χ1n) is 6.12. The molecule has 0 atom stereocenters. The molecule has 0 spiro atoms. The minimum atomic E-state index is -0.913. The highest BCUT2D eigenvalue weighted by Gasteiger charge is 2.19. The van der Waals surface area contributed by atoms with Crippen LogP contribution in [0.1, 0.15) is 0 Å². The molecular formula is C15H12ClN3O2. The van der Waals surface area contributed by atoms with Gasteiger partial charge in [-0.05, 0) is 24.3 Å². The zero-order valence-electron chi connectivity index (χ0n) is 10.9. The van der Waals surface area contributed by atoms with E-state index in [0.717, 1.165) is 0 Å². The Balaban J connectivity index is 1.97. The van der Waals surface area contributed by atoms with Gasteiger partial charge in [-0.15, -0.1) is 0 Å². The Morgan fingerprint density at radius 1 is 0.857 bits per heavy atom. The SMILES string of the molecule is O=C(Nc1ccccc1)C(=O)/C(Cl)=N/Nc1ccccc1. The van der Waals surface area contributed by atoms with Gasteiger partial charge in [0, 0.05) is 5.69 Å². The topological polar surface area (TPSA) is 70.6 Å². The lowest BCUT2D eigenvalue weighted by Crippen LogP contribution is -2.27. The first-order chi connectivity index (χ1) is 10.2. The monoisotopic (exact) mass is 301 g/mol. The van der Waals surface area contributed by atoms with Gasteiger partial charge in [0.15, 0.2) is 0 Å². The average Bonchev–Trinajstić information content (AvgIpc) is 2.53. The van der Waals surface area contributed by atoms with E-state index in [1.807, 2.05) is 6.07 Å². The predicted octanol–water partition coefficient (Wildman–Crippen LogP) is 2.86. The lowest BCUT2D eigenvalue weighted by atomic mass is 10.3. The molecule has 21 heavy (non-hydrogen) atoms. The Labute approximate surface area is 126 Å². The number of hydrazone groups is 1. The molecule has 0 aromatic heterocycles. The molecule has 0 aliphatic carbocycles. The van der Waals surface area contributed by atoms with Crippen molar-refractivity contribution < 1.29 is 9.59 Å². The largest absolute Gasteiger partial charge is 0.319 e. The molecule has 2 rings (SSSR count). The summed E-state index contributed by atoms with van der Waals surface area (Å²) in [5.74, 6) is -1.76.